The number of carbonyl (C=O) groups excluding carboxylic acids is 1. The summed E-state index contributed by atoms with van der Waals surface area (Å²) in [7, 11) is 1.59. The Balaban J connectivity index is 2.17. The highest BCUT2D eigenvalue weighted by Crippen LogP contribution is 2.41. The number of anilines is 1. The third-order valence-corrected chi connectivity index (χ3v) is 3.53. The maximum absolute atomic E-state index is 12.2. The fraction of sp³-hybridized carbons (Fsp3) is 0.133. The molecular weight excluding hydrogens is 262 g/mol. The van der Waals surface area contributed by atoms with Gasteiger partial charge in [0.1, 0.15) is 5.75 Å². The molecule has 1 aliphatic heterocycles. The van der Waals surface area contributed by atoms with Crippen molar-refractivity contribution in [2.75, 3.05) is 12.4 Å². The Bertz CT molecular complexity index is 654. The number of carbonyl (C=O) groups is 1. The van der Waals surface area contributed by atoms with E-state index < -0.39 is 0 Å². The van der Waals surface area contributed by atoms with E-state index in [0.29, 0.717) is 10.8 Å². The second-order valence-electron chi connectivity index (χ2n) is 4.40. The molecule has 0 aromatic heterocycles. The standard InChI is InChI=1S/C15H12ClNO2/c1-19-13-7-6-9(16)8-11(13)14-10-4-2-3-5-12(10)17-15(14)18/h2-8,14H,1H3,(H,17,18)/t14-/m1/s1. The number of para-hydroxylation sites is 1. The lowest BCUT2D eigenvalue weighted by Gasteiger charge is -2.14. The maximum Gasteiger partial charge on any atom is 0.236 e. The Labute approximate surface area is 116 Å². The zero-order valence-electron chi connectivity index (χ0n) is 10.3. The van der Waals surface area contributed by atoms with Gasteiger partial charge in [-0.2, -0.15) is 0 Å². The molecule has 2 aromatic carbocycles. The largest absolute Gasteiger partial charge is 0.496 e. The minimum absolute atomic E-state index is 0.0539. The van der Waals surface area contributed by atoms with Crippen LogP contribution >= 0.6 is 11.6 Å². The van der Waals surface area contributed by atoms with Crippen molar-refractivity contribution in [1.82, 2.24) is 0 Å². The van der Waals surface area contributed by atoms with Crippen LogP contribution in [0.25, 0.3) is 0 Å². The SMILES string of the molecule is COc1ccc(Cl)cc1[C@@H]1C(=O)Nc2ccccc21. The fourth-order valence-electron chi connectivity index (χ4n) is 2.45. The first kappa shape index (κ1) is 12.1. The van der Waals surface area contributed by atoms with Gasteiger partial charge in [-0.05, 0) is 29.8 Å². The number of amides is 1. The molecule has 1 N–H and O–H groups in total. The molecule has 0 saturated carbocycles. The minimum Gasteiger partial charge on any atom is -0.496 e. The molecule has 19 heavy (non-hydrogen) atoms. The Morgan fingerprint density at radius 3 is 2.74 bits per heavy atom. The zero-order chi connectivity index (χ0) is 13.4. The lowest BCUT2D eigenvalue weighted by atomic mass is 9.92. The first-order chi connectivity index (χ1) is 9.20. The van der Waals surface area contributed by atoms with Gasteiger partial charge >= 0.3 is 0 Å². The number of ether oxygens (including phenoxy) is 1. The molecule has 1 aliphatic rings. The smallest absolute Gasteiger partial charge is 0.236 e. The summed E-state index contributed by atoms with van der Waals surface area (Å²) in [6.07, 6.45) is 0. The minimum atomic E-state index is -0.371. The molecule has 0 spiro atoms. The fourth-order valence-corrected chi connectivity index (χ4v) is 2.63. The topological polar surface area (TPSA) is 38.3 Å². The van der Waals surface area contributed by atoms with Gasteiger partial charge in [-0.25, -0.2) is 0 Å². The van der Waals surface area contributed by atoms with Gasteiger partial charge in [0.2, 0.25) is 5.91 Å². The van der Waals surface area contributed by atoms with Gasteiger partial charge < -0.3 is 10.1 Å². The molecule has 0 unspecified atom stereocenters. The van der Waals surface area contributed by atoms with Gasteiger partial charge in [-0.3, -0.25) is 4.79 Å². The molecular formula is C15H12ClNO2. The highest BCUT2D eigenvalue weighted by atomic mass is 35.5. The van der Waals surface area contributed by atoms with Gasteiger partial charge in [-0.1, -0.05) is 29.8 Å². The molecule has 2 aromatic rings. The highest BCUT2D eigenvalue weighted by molar-refractivity contribution is 6.30. The van der Waals surface area contributed by atoms with Crippen LogP contribution in [0.5, 0.6) is 5.75 Å². The van der Waals surface area contributed by atoms with Crippen LogP contribution in [0.1, 0.15) is 17.0 Å². The van der Waals surface area contributed by atoms with Gasteiger partial charge in [0.15, 0.2) is 0 Å². The molecule has 0 radical (unpaired) electrons. The number of methoxy groups -OCH3 is 1. The molecule has 1 heterocycles. The second kappa shape index (κ2) is 4.59. The van der Waals surface area contributed by atoms with E-state index in [-0.39, 0.29) is 11.8 Å². The van der Waals surface area contributed by atoms with E-state index in [1.54, 1.807) is 25.3 Å². The van der Waals surface area contributed by atoms with Crippen LogP contribution < -0.4 is 10.1 Å². The van der Waals surface area contributed by atoms with Crippen molar-refractivity contribution in [3.8, 4) is 5.75 Å². The third-order valence-electron chi connectivity index (χ3n) is 3.29. The van der Waals surface area contributed by atoms with Crippen LogP contribution in [0.15, 0.2) is 42.5 Å². The summed E-state index contributed by atoms with van der Waals surface area (Å²) in [5.41, 5.74) is 2.59. The summed E-state index contributed by atoms with van der Waals surface area (Å²) in [5.74, 6) is 0.243. The normalized spacial score (nSPS) is 16.9. The first-order valence-corrected chi connectivity index (χ1v) is 6.31. The van der Waals surface area contributed by atoms with E-state index in [4.69, 9.17) is 16.3 Å². The zero-order valence-corrected chi connectivity index (χ0v) is 11.1. The highest BCUT2D eigenvalue weighted by Gasteiger charge is 2.33. The van der Waals surface area contributed by atoms with Crippen LogP contribution in [0.2, 0.25) is 5.02 Å². The quantitative estimate of drug-likeness (QED) is 0.910. The number of nitrogens with one attached hydrogen (secondary N) is 1. The predicted octanol–water partition coefficient (Wildman–Crippen LogP) is 3.43. The van der Waals surface area contributed by atoms with E-state index >= 15 is 0 Å². The summed E-state index contributed by atoms with van der Waals surface area (Å²) in [5, 5.41) is 3.47. The molecule has 3 nitrogen and oxygen atoms in total. The summed E-state index contributed by atoms with van der Waals surface area (Å²) >= 11 is 6.04. The van der Waals surface area contributed by atoms with Crippen LogP contribution in [0.3, 0.4) is 0 Å². The van der Waals surface area contributed by atoms with Crippen molar-refractivity contribution in [3.05, 3.63) is 58.6 Å². The summed E-state index contributed by atoms with van der Waals surface area (Å²) in [4.78, 5) is 12.2. The average molecular weight is 274 g/mol. The molecule has 0 aliphatic carbocycles. The van der Waals surface area contributed by atoms with E-state index in [0.717, 1.165) is 16.8 Å². The van der Waals surface area contributed by atoms with Crippen LogP contribution in [-0.2, 0) is 4.79 Å². The third kappa shape index (κ3) is 1.96. The van der Waals surface area contributed by atoms with Crippen molar-refractivity contribution >= 4 is 23.2 Å². The molecule has 0 fully saturated rings. The van der Waals surface area contributed by atoms with Gasteiger partial charge in [-0.15, -0.1) is 0 Å². The Morgan fingerprint density at radius 1 is 1.16 bits per heavy atom. The predicted molar refractivity (Wildman–Crippen MR) is 74.9 cm³/mol. The van der Waals surface area contributed by atoms with Gasteiger partial charge in [0.05, 0.1) is 13.0 Å². The molecule has 0 saturated heterocycles. The van der Waals surface area contributed by atoms with E-state index in [1.165, 1.54) is 0 Å². The number of fused-ring (bicyclic) bond motifs is 1. The number of rotatable bonds is 2. The molecule has 3 rings (SSSR count). The van der Waals surface area contributed by atoms with Crippen molar-refractivity contribution in [2.24, 2.45) is 0 Å². The van der Waals surface area contributed by atoms with Gasteiger partial charge in [0.25, 0.3) is 0 Å². The van der Waals surface area contributed by atoms with E-state index in [9.17, 15) is 4.79 Å². The van der Waals surface area contributed by atoms with Crippen LogP contribution in [-0.4, -0.2) is 13.0 Å². The van der Waals surface area contributed by atoms with Crippen molar-refractivity contribution < 1.29 is 9.53 Å². The lowest BCUT2D eigenvalue weighted by Crippen LogP contribution is -2.14. The Hall–Kier alpha value is -2.00. The lowest BCUT2D eigenvalue weighted by molar-refractivity contribution is -0.116. The Morgan fingerprint density at radius 2 is 1.95 bits per heavy atom. The number of halogens is 1. The van der Waals surface area contributed by atoms with Crippen molar-refractivity contribution in [2.45, 2.75) is 5.92 Å². The number of benzene rings is 2. The number of hydrogen-bond donors (Lipinski definition) is 1. The molecule has 0 bridgehead atoms. The average Bonchev–Trinajstić information content (AvgIpc) is 2.74. The van der Waals surface area contributed by atoms with Crippen molar-refractivity contribution in [3.63, 3.8) is 0 Å². The number of hydrogen-bond acceptors (Lipinski definition) is 2. The monoisotopic (exact) mass is 273 g/mol. The Kier molecular flexibility index (Phi) is 2.91. The van der Waals surface area contributed by atoms with Crippen molar-refractivity contribution in [1.29, 1.82) is 0 Å². The molecule has 4 heteroatoms. The summed E-state index contributed by atoms with van der Waals surface area (Å²) < 4.78 is 5.34. The van der Waals surface area contributed by atoms with Gasteiger partial charge in [0, 0.05) is 16.3 Å². The van der Waals surface area contributed by atoms with E-state index in [2.05, 4.69) is 5.32 Å². The molecule has 1 amide bonds. The van der Waals surface area contributed by atoms with Crippen LogP contribution in [0.4, 0.5) is 5.69 Å². The summed E-state index contributed by atoms with van der Waals surface area (Å²) in [6.45, 7) is 0. The maximum atomic E-state index is 12.2. The molecule has 96 valence electrons. The summed E-state index contributed by atoms with van der Waals surface area (Å²) in [6, 6.07) is 13.0. The van der Waals surface area contributed by atoms with Crippen LogP contribution in [0, 0.1) is 0 Å². The first-order valence-electron chi connectivity index (χ1n) is 5.94. The second-order valence-corrected chi connectivity index (χ2v) is 4.83. The van der Waals surface area contributed by atoms with E-state index in [1.807, 2.05) is 24.3 Å². The molecule has 1 atom stereocenters.